The van der Waals surface area contributed by atoms with Crippen molar-refractivity contribution in [3.63, 3.8) is 0 Å². The van der Waals surface area contributed by atoms with Crippen LogP contribution in [0.15, 0.2) is 24.3 Å². The van der Waals surface area contributed by atoms with Crippen LogP contribution in [0.3, 0.4) is 0 Å². The Morgan fingerprint density at radius 3 is 2.41 bits per heavy atom. The van der Waals surface area contributed by atoms with E-state index in [1.165, 1.54) is 24.9 Å². The summed E-state index contributed by atoms with van der Waals surface area (Å²) < 4.78 is 5.10. The van der Waals surface area contributed by atoms with Crippen LogP contribution >= 0.6 is 0 Å². The molecule has 1 aromatic rings. The van der Waals surface area contributed by atoms with E-state index in [0.717, 1.165) is 24.6 Å². The highest BCUT2D eigenvalue weighted by Crippen LogP contribution is 2.21. The minimum atomic E-state index is -0.124. The zero-order valence-corrected chi connectivity index (χ0v) is 16.7. The Hall–Kier alpha value is -1.88. The minimum Gasteiger partial charge on any atom is -0.466 e. The van der Waals surface area contributed by atoms with E-state index in [1.54, 1.807) is 0 Å². The molecule has 5 heteroatoms. The minimum absolute atomic E-state index is 0.0652. The van der Waals surface area contributed by atoms with Crippen LogP contribution < -0.4 is 0 Å². The molecule has 0 radical (unpaired) electrons. The zero-order valence-electron chi connectivity index (χ0n) is 16.7. The molecule has 2 saturated heterocycles. The van der Waals surface area contributed by atoms with Gasteiger partial charge in [-0.3, -0.25) is 14.5 Å². The van der Waals surface area contributed by atoms with E-state index >= 15 is 0 Å². The number of carbonyl (C=O) groups is 2. The summed E-state index contributed by atoms with van der Waals surface area (Å²) in [5, 5.41) is 0. The van der Waals surface area contributed by atoms with E-state index in [2.05, 4.69) is 24.0 Å². The maximum Gasteiger partial charge on any atom is 0.309 e. The maximum atomic E-state index is 12.7. The molecule has 0 N–H and O–H groups in total. The third kappa shape index (κ3) is 5.32. The van der Waals surface area contributed by atoms with Crippen LogP contribution in [-0.4, -0.2) is 54.5 Å². The summed E-state index contributed by atoms with van der Waals surface area (Å²) in [6, 6.07) is 8.06. The van der Waals surface area contributed by atoms with Crippen molar-refractivity contribution in [1.29, 1.82) is 0 Å². The molecule has 2 aliphatic rings. The lowest BCUT2D eigenvalue weighted by molar-refractivity contribution is -0.149. The van der Waals surface area contributed by atoms with E-state index < -0.39 is 0 Å². The Morgan fingerprint density at radius 2 is 1.78 bits per heavy atom. The average molecular weight is 373 g/mol. The summed E-state index contributed by atoms with van der Waals surface area (Å²) in [5.41, 5.74) is 2.00. The summed E-state index contributed by atoms with van der Waals surface area (Å²) in [7, 11) is 0. The Morgan fingerprint density at radius 1 is 1.07 bits per heavy atom. The second-order valence-electron chi connectivity index (χ2n) is 8.00. The number of likely N-dealkylation sites (tertiary alicyclic amines) is 2. The van der Waals surface area contributed by atoms with Crippen LogP contribution in [0, 0.1) is 11.8 Å². The molecule has 5 nitrogen and oxygen atoms in total. The number of carbonyl (C=O) groups excluding carboxylic acids is 2. The first-order valence-corrected chi connectivity index (χ1v) is 10.3. The predicted octanol–water partition coefficient (Wildman–Crippen LogP) is 3.33. The van der Waals surface area contributed by atoms with E-state index in [4.69, 9.17) is 4.74 Å². The number of rotatable bonds is 5. The van der Waals surface area contributed by atoms with Crippen LogP contribution in [0.1, 0.15) is 55.5 Å². The Kier molecular flexibility index (Phi) is 6.89. The quantitative estimate of drug-likeness (QED) is 0.744. The maximum absolute atomic E-state index is 12.7. The van der Waals surface area contributed by atoms with Crippen molar-refractivity contribution in [1.82, 2.24) is 9.80 Å². The number of nitrogens with zero attached hydrogens (tertiary/aromatic N) is 2. The number of piperidine rings is 2. The topological polar surface area (TPSA) is 49.9 Å². The van der Waals surface area contributed by atoms with Gasteiger partial charge in [0.25, 0.3) is 5.91 Å². The van der Waals surface area contributed by atoms with Gasteiger partial charge in [-0.15, -0.1) is 0 Å². The zero-order chi connectivity index (χ0) is 19.2. The van der Waals surface area contributed by atoms with Crippen LogP contribution in [-0.2, 0) is 16.1 Å². The third-order valence-corrected chi connectivity index (χ3v) is 5.75. The SMILES string of the molecule is CCOC(=O)C1CCN(C(=O)c2ccc(CN3CCCC(C)C3)cc2)CC1. The number of amides is 1. The summed E-state index contributed by atoms with van der Waals surface area (Å²) >= 11 is 0. The third-order valence-electron chi connectivity index (χ3n) is 5.75. The first-order valence-electron chi connectivity index (χ1n) is 10.3. The van der Waals surface area contributed by atoms with Crippen molar-refractivity contribution in [2.75, 3.05) is 32.8 Å². The summed E-state index contributed by atoms with van der Waals surface area (Å²) in [5.74, 6) is 0.650. The molecule has 2 fully saturated rings. The molecule has 1 unspecified atom stereocenters. The molecule has 148 valence electrons. The number of benzene rings is 1. The molecular formula is C22H32N2O3. The fraction of sp³-hybridized carbons (Fsp3) is 0.636. The van der Waals surface area contributed by atoms with Gasteiger partial charge in [0, 0.05) is 31.7 Å². The fourth-order valence-electron chi connectivity index (χ4n) is 4.20. The number of esters is 1. The molecule has 3 rings (SSSR count). The lowest BCUT2D eigenvalue weighted by Crippen LogP contribution is -2.40. The molecule has 1 atom stereocenters. The van der Waals surface area contributed by atoms with Gasteiger partial charge in [0.1, 0.15) is 0 Å². The second-order valence-corrected chi connectivity index (χ2v) is 8.00. The van der Waals surface area contributed by atoms with Crippen LogP contribution in [0.2, 0.25) is 0 Å². The Bertz CT molecular complexity index is 635. The molecule has 27 heavy (non-hydrogen) atoms. The first kappa shape index (κ1) is 19.9. The number of ether oxygens (including phenoxy) is 1. The predicted molar refractivity (Wildman–Crippen MR) is 105 cm³/mol. The van der Waals surface area contributed by atoms with Crippen LogP contribution in [0.25, 0.3) is 0 Å². The molecule has 0 aromatic heterocycles. The van der Waals surface area contributed by atoms with Gasteiger partial charge in [-0.2, -0.15) is 0 Å². The van der Waals surface area contributed by atoms with Gasteiger partial charge in [-0.05, 0) is 62.8 Å². The molecular weight excluding hydrogens is 340 g/mol. The van der Waals surface area contributed by atoms with Crippen LogP contribution in [0.5, 0.6) is 0 Å². The van der Waals surface area contributed by atoms with Crippen LogP contribution in [0.4, 0.5) is 0 Å². The van der Waals surface area contributed by atoms with E-state index in [9.17, 15) is 9.59 Å². The van der Waals surface area contributed by atoms with Gasteiger partial charge >= 0.3 is 5.97 Å². The second kappa shape index (κ2) is 9.36. The van der Waals surface area contributed by atoms with Gasteiger partial charge in [0.2, 0.25) is 0 Å². The number of hydrogen-bond donors (Lipinski definition) is 0. The van der Waals surface area contributed by atoms with E-state index in [0.29, 0.717) is 32.5 Å². The van der Waals surface area contributed by atoms with Gasteiger partial charge in [0.15, 0.2) is 0 Å². The van der Waals surface area contributed by atoms with Gasteiger partial charge in [0.05, 0.1) is 12.5 Å². The number of hydrogen-bond acceptors (Lipinski definition) is 4. The summed E-state index contributed by atoms with van der Waals surface area (Å²) in [6.07, 6.45) is 3.99. The van der Waals surface area contributed by atoms with Gasteiger partial charge in [-0.25, -0.2) is 0 Å². The molecule has 0 aliphatic carbocycles. The van der Waals surface area contributed by atoms with Crippen molar-refractivity contribution < 1.29 is 14.3 Å². The molecule has 0 spiro atoms. The van der Waals surface area contributed by atoms with E-state index in [-0.39, 0.29) is 17.8 Å². The Balaban J connectivity index is 1.51. The van der Waals surface area contributed by atoms with Gasteiger partial charge in [-0.1, -0.05) is 19.1 Å². The Labute approximate surface area is 162 Å². The fourth-order valence-corrected chi connectivity index (χ4v) is 4.20. The molecule has 2 heterocycles. The molecule has 2 aliphatic heterocycles. The first-order chi connectivity index (χ1) is 13.1. The molecule has 0 bridgehead atoms. The highest BCUT2D eigenvalue weighted by atomic mass is 16.5. The van der Waals surface area contributed by atoms with Crippen molar-refractivity contribution in [3.8, 4) is 0 Å². The summed E-state index contributed by atoms with van der Waals surface area (Å²) in [6.45, 7) is 9.09. The summed E-state index contributed by atoms with van der Waals surface area (Å²) in [4.78, 5) is 28.9. The molecule has 1 aromatic carbocycles. The average Bonchev–Trinajstić information content (AvgIpc) is 2.68. The molecule has 1 amide bonds. The largest absolute Gasteiger partial charge is 0.466 e. The highest BCUT2D eigenvalue weighted by Gasteiger charge is 2.28. The van der Waals surface area contributed by atoms with Gasteiger partial charge < -0.3 is 9.64 Å². The van der Waals surface area contributed by atoms with Crippen molar-refractivity contribution >= 4 is 11.9 Å². The van der Waals surface area contributed by atoms with Crippen molar-refractivity contribution in [3.05, 3.63) is 35.4 Å². The van der Waals surface area contributed by atoms with E-state index in [1.807, 2.05) is 24.0 Å². The molecule has 0 saturated carbocycles. The lowest BCUT2D eigenvalue weighted by Gasteiger charge is -2.31. The van der Waals surface area contributed by atoms with Crippen molar-refractivity contribution in [2.24, 2.45) is 11.8 Å². The van der Waals surface area contributed by atoms with Crippen molar-refractivity contribution in [2.45, 2.75) is 46.1 Å². The normalized spacial score (nSPS) is 21.9. The highest BCUT2D eigenvalue weighted by molar-refractivity contribution is 5.94. The monoisotopic (exact) mass is 372 g/mol. The lowest BCUT2D eigenvalue weighted by atomic mass is 9.96. The smallest absolute Gasteiger partial charge is 0.309 e. The standard InChI is InChI=1S/C22H32N2O3/c1-3-27-22(26)20-10-13-24(14-11-20)21(25)19-8-6-18(7-9-19)16-23-12-4-5-17(2)15-23/h6-9,17,20H,3-5,10-16H2,1-2H3.